The summed E-state index contributed by atoms with van der Waals surface area (Å²) in [6.45, 7) is 4.82. The Morgan fingerprint density at radius 1 is 0.867 bits per heavy atom. The number of nitrogens with zero attached hydrogens (tertiary/aromatic N) is 3. The average Bonchev–Trinajstić information content (AvgIpc) is 3.04. The van der Waals surface area contributed by atoms with Gasteiger partial charge in [0.05, 0.1) is 6.67 Å². The van der Waals surface area contributed by atoms with Crippen molar-refractivity contribution in [3.63, 3.8) is 0 Å². The Labute approximate surface area is 177 Å². The number of nitrogens with one attached hydrogen (secondary N) is 1. The lowest BCUT2D eigenvalue weighted by molar-refractivity contribution is -0.129. The van der Waals surface area contributed by atoms with Crippen LogP contribution in [0.5, 0.6) is 0 Å². The van der Waals surface area contributed by atoms with Gasteiger partial charge in [0.2, 0.25) is 0 Å². The number of amides is 3. The molecule has 0 aliphatic carbocycles. The fourth-order valence-electron chi connectivity index (χ4n) is 3.91. The van der Waals surface area contributed by atoms with Gasteiger partial charge in [-0.25, -0.2) is 9.69 Å². The Bertz CT molecular complexity index is 877. The van der Waals surface area contributed by atoms with Crippen LogP contribution in [0.1, 0.15) is 11.1 Å². The maximum atomic E-state index is 12.7. The number of hydrogen-bond acceptors (Lipinski definition) is 4. The smallest absolute Gasteiger partial charge is 0.325 e. The number of rotatable bonds is 7. The third-order valence-corrected chi connectivity index (χ3v) is 5.67. The minimum absolute atomic E-state index is 0.128. The van der Waals surface area contributed by atoms with Crippen molar-refractivity contribution < 1.29 is 9.59 Å². The van der Waals surface area contributed by atoms with E-state index in [0.29, 0.717) is 13.1 Å². The number of carbonyl (C=O) groups is 2. The number of benzene rings is 2. The Morgan fingerprint density at radius 2 is 1.50 bits per heavy atom. The van der Waals surface area contributed by atoms with Crippen molar-refractivity contribution in [1.29, 1.82) is 0 Å². The van der Waals surface area contributed by atoms with E-state index in [1.165, 1.54) is 10.5 Å². The van der Waals surface area contributed by atoms with Gasteiger partial charge in [0.15, 0.2) is 0 Å². The second kappa shape index (κ2) is 9.69. The van der Waals surface area contributed by atoms with E-state index in [1.807, 2.05) is 48.5 Å². The predicted molar refractivity (Wildman–Crippen MR) is 118 cm³/mol. The van der Waals surface area contributed by atoms with Crippen LogP contribution < -0.4 is 5.32 Å². The third-order valence-electron chi connectivity index (χ3n) is 5.67. The summed E-state index contributed by atoms with van der Waals surface area (Å²) in [6, 6.07) is 19.3. The quantitative estimate of drug-likeness (QED) is 0.721. The van der Waals surface area contributed by atoms with Crippen LogP contribution in [0.4, 0.5) is 4.79 Å². The zero-order valence-corrected chi connectivity index (χ0v) is 17.1. The molecule has 2 heterocycles. The summed E-state index contributed by atoms with van der Waals surface area (Å²) >= 11 is 0. The molecule has 0 bridgehead atoms. The second-order valence-electron chi connectivity index (χ2n) is 7.83. The van der Waals surface area contributed by atoms with E-state index in [4.69, 9.17) is 0 Å². The zero-order chi connectivity index (χ0) is 20.8. The molecule has 2 aromatic carbocycles. The van der Waals surface area contributed by atoms with Crippen molar-refractivity contribution in [2.45, 2.75) is 12.5 Å². The van der Waals surface area contributed by atoms with Gasteiger partial charge in [0.25, 0.3) is 5.91 Å². The maximum Gasteiger partial charge on any atom is 0.325 e. The Kier molecular flexibility index (Phi) is 6.57. The van der Waals surface area contributed by atoms with Gasteiger partial charge in [-0.3, -0.25) is 14.6 Å². The highest BCUT2D eigenvalue weighted by molar-refractivity contribution is 6.04. The Hall–Kier alpha value is -2.96. The van der Waals surface area contributed by atoms with E-state index in [2.05, 4.69) is 39.4 Å². The van der Waals surface area contributed by atoms with E-state index in [9.17, 15) is 9.59 Å². The van der Waals surface area contributed by atoms with Gasteiger partial charge in [0.1, 0.15) is 6.04 Å². The third kappa shape index (κ3) is 5.14. The van der Waals surface area contributed by atoms with Gasteiger partial charge < -0.3 is 5.32 Å². The van der Waals surface area contributed by atoms with E-state index in [-0.39, 0.29) is 11.9 Å². The van der Waals surface area contributed by atoms with Gasteiger partial charge >= 0.3 is 6.03 Å². The van der Waals surface area contributed by atoms with E-state index in [0.717, 1.165) is 38.3 Å². The number of urea groups is 1. The molecule has 2 fully saturated rings. The van der Waals surface area contributed by atoms with Crippen molar-refractivity contribution in [2.24, 2.45) is 0 Å². The van der Waals surface area contributed by atoms with Crippen LogP contribution >= 0.6 is 0 Å². The lowest BCUT2D eigenvalue weighted by Crippen LogP contribution is -2.51. The standard InChI is InChI=1S/C24H28N4O2/c29-23-22(18-21-10-5-2-6-11-21)25-24(30)28(23)19-27-16-14-26(15-17-27)13-7-12-20-8-3-1-4-9-20/h1-12,22H,13-19H2,(H,25,30)/b12-7+. The minimum Gasteiger partial charge on any atom is -0.325 e. The van der Waals surface area contributed by atoms with Crippen LogP contribution in [0, 0.1) is 0 Å². The summed E-state index contributed by atoms with van der Waals surface area (Å²) in [5.41, 5.74) is 2.26. The van der Waals surface area contributed by atoms with Crippen molar-refractivity contribution in [2.75, 3.05) is 39.4 Å². The van der Waals surface area contributed by atoms with Crippen LogP contribution in [0.25, 0.3) is 6.08 Å². The van der Waals surface area contributed by atoms with Crippen molar-refractivity contribution in [1.82, 2.24) is 20.0 Å². The first-order valence-electron chi connectivity index (χ1n) is 10.5. The van der Waals surface area contributed by atoms with Gasteiger partial charge in [-0.05, 0) is 11.1 Å². The van der Waals surface area contributed by atoms with Gasteiger partial charge in [0, 0.05) is 39.1 Å². The first kappa shape index (κ1) is 20.3. The molecule has 6 nitrogen and oxygen atoms in total. The predicted octanol–water partition coefficient (Wildman–Crippen LogP) is 2.44. The van der Waals surface area contributed by atoms with Crippen molar-refractivity contribution in [3.8, 4) is 0 Å². The molecule has 0 saturated carbocycles. The van der Waals surface area contributed by atoms with E-state index in [1.54, 1.807) is 0 Å². The molecule has 0 radical (unpaired) electrons. The van der Waals surface area contributed by atoms with Crippen LogP contribution in [-0.2, 0) is 11.2 Å². The summed E-state index contributed by atoms with van der Waals surface area (Å²) in [7, 11) is 0. The molecule has 2 aromatic rings. The molecule has 1 N–H and O–H groups in total. The molecule has 3 amide bonds. The molecule has 2 saturated heterocycles. The van der Waals surface area contributed by atoms with Crippen LogP contribution in [-0.4, -0.2) is 72.1 Å². The highest BCUT2D eigenvalue weighted by Crippen LogP contribution is 2.14. The number of imide groups is 1. The summed E-state index contributed by atoms with van der Waals surface area (Å²) in [6.07, 6.45) is 4.87. The zero-order valence-electron chi connectivity index (χ0n) is 17.1. The van der Waals surface area contributed by atoms with Crippen LogP contribution in [0.2, 0.25) is 0 Å². The molecule has 30 heavy (non-hydrogen) atoms. The molecule has 1 atom stereocenters. The highest BCUT2D eigenvalue weighted by Gasteiger charge is 2.38. The largest absolute Gasteiger partial charge is 0.325 e. The topological polar surface area (TPSA) is 55.9 Å². The molecular formula is C24H28N4O2. The average molecular weight is 405 g/mol. The molecular weight excluding hydrogens is 376 g/mol. The number of piperazine rings is 1. The van der Waals surface area contributed by atoms with E-state index >= 15 is 0 Å². The monoisotopic (exact) mass is 404 g/mol. The summed E-state index contributed by atoms with van der Waals surface area (Å²) in [4.78, 5) is 31.0. The number of carbonyl (C=O) groups excluding carboxylic acids is 2. The minimum atomic E-state index is -0.468. The van der Waals surface area contributed by atoms with Crippen molar-refractivity contribution >= 4 is 18.0 Å². The molecule has 2 aliphatic heterocycles. The molecule has 2 aliphatic rings. The SMILES string of the molecule is O=C1NC(Cc2ccccc2)C(=O)N1CN1CCN(C/C=C/c2ccccc2)CC1. The molecule has 156 valence electrons. The van der Waals surface area contributed by atoms with Crippen LogP contribution in [0.3, 0.4) is 0 Å². The first-order valence-corrected chi connectivity index (χ1v) is 10.5. The lowest BCUT2D eigenvalue weighted by Gasteiger charge is -2.35. The van der Waals surface area contributed by atoms with Gasteiger partial charge in [-0.15, -0.1) is 0 Å². The van der Waals surface area contributed by atoms with E-state index < -0.39 is 6.04 Å². The first-order chi connectivity index (χ1) is 14.7. The van der Waals surface area contributed by atoms with Crippen LogP contribution in [0.15, 0.2) is 66.7 Å². The Balaban J connectivity index is 1.23. The molecule has 4 rings (SSSR count). The number of hydrogen-bond donors (Lipinski definition) is 1. The fraction of sp³-hybridized carbons (Fsp3) is 0.333. The molecule has 0 aromatic heterocycles. The van der Waals surface area contributed by atoms with Gasteiger partial charge in [-0.1, -0.05) is 72.8 Å². The molecule has 6 heteroatoms. The van der Waals surface area contributed by atoms with Gasteiger partial charge in [-0.2, -0.15) is 0 Å². The normalized spacial score (nSPS) is 20.8. The second-order valence-corrected chi connectivity index (χ2v) is 7.83. The maximum absolute atomic E-state index is 12.7. The lowest BCUT2D eigenvalue weighted by atomic mass is 10.1. The summed E-state index contributed by atoms with van der Waals surface area (Å²) in [5.74, 6) is -0.128. The summed E-state index contributed by atoms with van der Waals surface area (Å²) < 4.78 is 0. The molecule has 0 spiro atoms. The fourth-order valence-corrected chi connectivity index (χ4v) is 3.91. The Morgan fingerprint density at radius 3 is 2.20 bits per heavy atom. The summed E-state index contributed by atoms with van der Waals surface area (Å²) in [5, 5.41) is 2.84. The van der Waals surface area contributed by atoms with Crippen molar-refractivity contribution in [3.05, 3.63) is 77.9 Å². The molecule has 1 unspecified atom stereocenters. The highest BCUT2D eigenvalue weighted by atomic mass is 16.2.